The molecular formula is C15H15ClN4O3. The molecule has 1 aliphatic rings. The highest BCUT2D eigenvalue weighted by Gasteiger charge is 2.22. The molecule has 0 saturated heterocycles. The van der Waals surface area contributed by atoms with Gasteiger partial charge in [-0.2, -0.15) is 5.10 Å². The smallest absolute Gasteiger partial charge is 0.266 e. The van der Waals surface area contributed by atoms with Crippen molar-refractivity contribution in [3.63, 3.8) is 0 Å². The van der Waals surface area contributed by atoms with Gasteiger partial charge in [0.05, 0.1) is 11.3 Å². The van der Waals surface area contributed by atoms with Crippen molar-refractivity contribution in [2.24, 2.45) is 7.05 Å². The van der Waals surface area contributed by atoms with Crippen LogP contribution in [0.3, 0.4) is 0 Å². The maximum absolute atomic E-state index is 12.2. The highest BCUT2D eigenvalue weighted by atomic mass is 35.5. The number of carbonyl (C=O) groups excluding carboxylic acids is 1. The number of halogens is 1. The molecule has 0 radical (unpaired) electrons. The van der Waals surface area contributed by atoms with Gasteiger partial charge in [-0.3, -0.25) is 14.4 Å². The Morgan fingerprint density at radius 3 is 2.96 bits per heavy atom. The van der Waals surface area contributed by atoms with Crippen molar-refractivity contribution in [1.82, 2.24) is 20.1 Å². The topological polar surface area (TPSA) is 96.8 Å². The molecule has 0 aromatic carbocycles. The lowest BCUT2D eigenvalue weighted by Crippen LogP contribution is -2.40. The minimum Gasteiger partial charge on any atom is -0.349 e. The van der Waals surface area contributed by atoms with Crippen LogP contribution in [-0.4, -0.2) is 26.7 Å². The van der Waals surface area contributed by atoms with E-state index in [1.54, 1.807) is 13.1 Å². The lowest BCUT2D eigenvalue weighted by Gasteiger charge is -2.24. The molecule has 0 saturated carbocycles. The number of aromatic amines is 1. The first kappa shape index (κ1) is 15.5. The Hall–Kier alpha value is -2.41. The van der Waals surface area contributed by atoms with Crippen LogP contribution < -0.4 is 16.4 Å². The molecule has 120 valence electrons. The standard InChI is InChI=1S/C15H15ClN4O3/c1-20-13(21)6-8-4-10(2-3-12(8)19-20)18-14(22)9-5-11(16)15(23)17-7-9/h5-7,10H,2-4H2,1H3,(H,17,23)(H,18,22). The molecule has 2 aromatic heterocycles. The zero-order valence-corrected chi connectivity index (χ0v) is 13.2. The van der Waals surface area contributed by atoms with Crippen molar-refractivity contribution in [1.29, 1.82) is 0 Å². The summed E-state index contributed by atoms with van der Waals surface area (Å²) < 4.78 is 1.32. The second kappa shape index (κ2) is 6.00. The van der Waals surface area contributed by atoms with Crippen molar-refractivity contribution in [3.05, 3.63) is 60.9 Å². The average molecular weight is 335 g/mol. The number of hydrogen-bond donors (Lipinski definition) is 2. The fourth-order valence-corrected chi connectivity index (χ4v) is 2.84. The summed E-state index contributed by atoms with van der Waals surface area (Å²) in [6, 6.07) is 2.82. The zero-order chi connectivity index (χ0) is 16.6. The van der Waals surface area contributed by atoms with Gasteiger partial charge in [-0.25, -0.2) is 4.68 Å². The summed E-state index contributed by atoms with van der Waals surface area (Å²) in [5, 5.41) is 7.11. The molecule has 1 amide bonds. The van der Waals surface area contributed by atoms with E-state index < -0.39 is 5.56 Å². The van der Waals surface area contributed by atoms with E-state index in [4.69, 9.17) is 11.6 Å². The number of nitrogens with zero attached hydrogens (tertiary/aromatic N) is 2. The Morgan fingerprint density at radius 1 is 1.43 bits per heavy atom. The SMILES string of the molecule is Cn1nc2c(cc1=O)CC(NC(=O)c1c[nH]c(=O)c(Cl)c1)CC2. The van der Waals surface area contributed by atoms with E-state index in [0.717, 1.165) is 17.7 Å². The van der Waals surface area contributed by atoms with Gasteiger partial charge in [0.1, 0.15) is 5.02 Å². The van der Waals surface area contributed by atoms with Crippen LogP contribution in [-0.2, 0) is 19.9 Å². The van der Waals surface area contributed by atoms with Gasteiger partial charge in [-0.15, -0.1) is 0 Å². The largest absolute Gasteiger partial charge is 0.349 e. The van der Waals surface area contributed by atoms with Gasteiger partial charge in [0.2, 0.25) is 0 Å². The molecule has 0 spiro atoms. The average Bonchev–Trinajstić information content (AvgIpc) is 2.51. The lowest BCUT2D eigenvalue weighted by molar-refractivity contribution is 0.0933. The van der Waals surface area contributed by atoms with Crippen LogP contribution in [0.4, 0.5) is 0 Å². The number of pyridine rings is 1. The van der Waals surface area contributed by atoms with E-state index in [1.807, 2.05) is 0 Å². The van der Waals surface area contributed by atoms with Crippen LogP contribution in [0.1, 0.15) is 28.0 Å². The number of aromatic nitrogens is 3. The van der Waals surface area contributed by atoms with E-state index >= 15 is 0 Å². The zero-order valence-electron chi connectivity index (χ0n) is 12.4. The summed E-state index contributed by atoms with van der Waals surface area (Å²) >= 11 is 5.73. The number of rotatable bonds is 2. The van der Waals surface area contributed by atoms with Crippen LogP contribution in [0.25, 0.3) is 0 Å². The van der Waals surface area contributed by atoms with Crippen molar-refractivity contribution < 1.29 is 4.79 Å². The van der Waals surface area contributed by atoms with Crippen LogP contribution >= 0.6 is 11.6 Å². The Balaban J connectivity index is 1.75. The maximum Gasteiger partial charge on any atom is 0.266 e. The van der Waals surface area contributed by atoms with E-state index in [2.05, 4.69) is 15.4 Å². The van der Waals surface area contributed by atoms with Crippen molar-refractivity contribution in [2.45, 2.75) is 25.3 Å². The summed E-state index contributed by atoms with van der Waals surface area (Å²) in [5.74, 6) is -0.312. The van der Waals surface area contributed by atoms with Gasteiger partial charge >= 0.3 is 0 Å². The highest BCUT2D eigenvalue weighted by molar-refractivity contribution is 6.30. The minimum atomic E-state index is -0.434. The first-order valence-electron chi connectivity index (χ1n) is 7.19. The first-order valence-corrected chi connectivity index (χ1v) is 7.57. The number of fused-ring (bicyclic) bond motifs is 1. The number of nitrogens with one attached hydrogen (secondary N) is 2. The molecule has 0 aliphatic heterocycles. The minimum absolute atomic E-state index is 0.0284. The Bertz CT molecular complexity index is 887. The summed E-state index contributed by atoms with van der Waals surface area (Å²) in [6.07, 6.45) is 3.32. The van der Waals surface area contributed by atoms with E-state index in [9.17, 15) is 14.4 Å². The second-order valence-electron chi connectivity index (χ2n) is 5.56. The maximum atomic E-state index is 12.2. The number of aryl methyl sites for hydroxylation is 2. The molecule has 1 aliphatic carbocycles. The summed E-state index contributed by atoms with van der Waals surface area (Å²) in [6.45, 7) is 0. The fourth-order valence-electron chi connectivity index (χ4n) is 2.67. The van der Waals surface area contributed by atoms with Gasteiger partial charge in [-0.05, 0) is 30.9 Å². The number of carbonyl (C=O) groups is 1. The van der Waals surface area contributed by atoms with Gasteiger partial charge in [0.25, 0.3) is 17.0 Å². The molecule has 0 bridgehead atoms. The monoisotopic (exact) mass is 334 g/mol. The normalized spacial score (nSPS) is 16.7. The molecule has 3 rings (SSSR count). The predicted molar refractivity (Wildman–Crippen MR) is 84.8 cm³/mol. The third-order valence-corrected chi connectivity index (χ3v) is 4.19. The Labute approximate surface area is 136 Å². The van der Waals surface area contributed by atoms with Crippen LogP contribution in [0, 0.1) is 0 Å². The third-order valence-electron chi connectivity index (χ3n) is 3.91. The Morgan fingerprint density at radius 2 is 2.22 bits per heavy atom. The summed E-state index contributed by atoms with van der Waals surface area (Å²) in [7, 11) is 1.62. The molecule has 2 heterocycles. The molecule has 2 aromatic rings. The third kappa shape index (κ3) is 3.19. The lowest BCUT2D eigenvalue weighted by atomic mass is 9.92. The van der Waals surface area contributed by atoms with Crippen LogP contribution in [0.2, 0.25) is 5.02 Å². The molecule has 0 fully saturated rings. The molecule has 1 atom stereocenters. The van der Waals surface area contributed by atoms with E-state index in [-0.39, 0.29) is 22.5 Å². The quantitative estimate of drug-likeness (QED) is 0.831. The number of amides is 1. The summed E-state index contributed by atoms with van der Waals surface area (Å²) in [4.78, 5) is 37.5. The molecule has 1 unspecified atom stereocenters. The van der Waals surface area contributed by atoms with Gasteiger partial charge in [0.15, 0.2) is 0 Å². The first-order chi connectivity index (χ1) is 10.9. The van der Waals surface area contributed by atoms with Gasteiger partial charge in [0, 0.05) is 25.4 Å². The number of H-pyrrole nitrogens is 1. The molecule has 7 nitrogen and oxygen atoms in total. The summed E-state index contributed by atoms with van der Waals surface area (Å²) in [5.41, 5.74) is 1.45. The molecule has 8 heteroatoms. The van der Waals surface area contributed by atoms with Gasteiger partial charge < -0.3 is 10.3 Å². The van der Waals surface area contributed by atoms with Crippen molar-refractivity contribution in [2.75, 3.05) is 0 Å². The van der Waals surface area contributed by atoms with E-state index in [0.29, 0.717) is 18.4 Å². The van der Waals surface area contributed by atoms with Crippen LogP contribution in [0.5, 0.6) is 0 Å². The second-order valence-corrected chi connectivity index (χ2v) is 5.96. The van der Waals surface area contributed by atoms with Crippen molar-refractivity contribution in [3.8, 4) is 0 Å². The fraction of sp³-hybridized carbons (Fsp3) is 0.333. The molecule has 2 N–H and O–H groups in total. The highest BCUT2D eigenvalue weighted by Crippen LogP contribution is 2.18. The van der Waals surface area contributed by atoms with Crippen LogP contribution in [0.15, 0.2) is 27.9 Å². The van der Waals surface area contributed by atoms with E-state index in [1.165, 1.54) is 16.9 Å². The number of hydrogen-bond acceptors (Lipinski definition) is 4. The van der Waals surface area contributed by atoms with Gasteiger partial charge in [-0.1, -0.05) is 11.6 Å². The predicted octanol–water partition coefficient (Wildman–Crippen LogP) is 0.409. The molecular weight excluding hydrogens is 320 g/mol. The van der Waals surface area contributed by atoms with Crippen molar-refractivity contribution >= 4 is 17.5 Å². The molecule has 23 heavy (non-hydrogen) atoms. The Kier molecular flexibility index (Phi) is 4.04.